The second-order valence-corrected chi connectivity index (χ2v) is 7.52. The van der Waals surface area contributed by atoms with Crippen LogP contribution >= 0.6 is 0 Å². The van der Waals surface area contributed by atoms with Crippen LogP contribution in [0.1, 0.15) is 66.2 Å². The Morgan fingerprint density at radius 3 is 2.37 bits per heavy atom. The van der Waals surface area contributed by atoms with Crippen LogP contribution in [0.4, 0.5) is 0 Å². The van der Waals surface area contributed by atoms with Gasteiger partial charge in [0.15, 0.2) is 0 Å². The van der Waals surface area contributed by atoms with Crippen molar-refractivity contribution in [3.8, 4) is 0 Å². The summed E-state index contributed by atoms with van der Waals surface area (Å²) in [4.78, 5) is 2.81. The van der Waals surface area contributed by atoms with Crippen LogP contribution in [0.5, 0.6) is 0 Å². The fraction of sp³-hybridized carbons (Fsp3) is 1.00. The maximum absolute atomic E-state index is 3.76. The summed E-state index contributed by atoms with van der Waals surface area (Å²) in [5.74, 6) is 0.967. The molecule has 112 valence electrons. The second-order valence-electron chi connectivity index (χ2n) is 7.52. The summed E-state index contributed by atoms with van der Waals surface area (Å²) in [6.45, 7) is 13.2. The number of likely N-dealkylation sites (tertiary alicyclic amines) is 1. The highest BCUT2D eigenvalue weighted by molar-refractivity contribution is 4.93. The van der Waals surface area contributed by atoms with Gasteiger partial charge in [-0.15, -0.1) is 0 Å². The van der Waals surface area contributed by atoms with E-state index in [4.69, 9.17) is 0 Å². The fourth-order valence-electron chi connectivity index (χ4n) is 3.97. The molecule has 0 bridgehead atoms. The highest BCUT2D eigenvalue weighted by atomic mass is 15.2. The van der Waals surface area contributed by atoms with Crippen molar-refractivity contribution in [3.63, 3.8) is 0 Å². The first-order chi connectivity index (χ1) is 9.05. The SMILES string of the molecule is CCNC1CCC(CC)CC1N1CCC(C)(C)CC1. The van der Waals surface area contributed by atoms with Gasteiger partial charge in [0.05, 0.1) is 0 Å². The smallest absolute Gasteiger partial charge is 0.0251 e. The zero-order valence-electron chi connectivity index (χ0n) is 13.5. The Kier molecular flexibility index (Phi) is 5.30. The molecule has 19 heavy (non-hydrogen) atoms. The van der Waals surface area contributed by atoms with Gasteiger partial charge in [-0.2, -0.15) is 0 Å². The van der Waals surface area contributed by atoms with Crippen LogP contribution in [0.25, 0.3) is 0 Å². The third kappa shape index (κ3) is 3.95. The maximum Gasteiger partial charge on any atom is 0.0251 e. The Morgan fingerprint density at radius 1 is 1.11 bits per heavy atom. The predicted octanol–water partition coefficient (Wildman–Crippen LogP) is 3.67. The summed E-state index contributed by atoms with van der Waals surface area (Å²) >= 11 is 0. The van der Waals surface area contributed by atoms with Gasteiger partial charge < -0.3 is 5.32 Å². The van der Waals surface area contributed by atoms with Crippen molar-refractivity contribution in [3.05, 3.63) is 0 Å². The summed E-state index contributed by atoms with van der Waals surface area (Å²) < 4.78 is 0. The molecule has 2 aliphatic rings. The van der Waals surface area contributed by atoms with Crippen molar-refractivity contribution in [2.24, 2.45) is 11.3 Å². The van der Waals surface area contributed by atoms with Gasteiger partial charge in [-0.05, 0) is 63.1 Å². The Balaban J connectivity index is 1.97. The molecule has 2 rings (SSSR count). The molecule has 1 saturated heterocycles. The van der Waals surface area contributed by atoms with E-state index < -0.39 is 0 Å². The van der Waals surface area contributed by atoms with Gasteiger partial charge in [-0.3, -0.25) is 4.90 Å². The Morgan fingerprint density at radius 2 is 1.79 bits per heavy atom. The van der Waals surface area contributed by atoms with Gasteiger partial charge in [-0.25, -0.2) is 0 Å². The molecule has 0 radical (unpaired) electrons. The highest BCUT2D eigenvalue weighted by Crippen LogP contribution is 2.35. The summed E-state index contributed by atoms with van der Waals surface area (Å²) in [6, 6.07) is 1.55. The summed E-state index contributed by atoms with van der Waals surface area (Å²) in [5.41, 5.74) is 0.572. The van der Waals surface area contributed by atoms with E-state index in [-0.39, 0.29) is 0 Å². The van der Waals surface area contributed by atoms with Crippen molar-refractivity contribution in [1.82, 2.24) is 10.2 Å². The number of hydrogen-bond acceptors (Lipinski definition) is 2. The van der Waals surface area contributed by atoms with Crippen LogP contribution in [-0.4, -0.2) is 36.6 Å². The van der Waals surface area contributed by atoms with Gasteiger partial charge in [0.1, 0.15) is 0 Å². The minimum absolute atomic E-state index is 0.572. The van der Waals surface area contributed by atoms with Crippen LogP contribution in [0.3, 0.4) is 0 Å². The first-order valence-electron chi connectivity index (χ1n) is 8.53. The Bertz CT molecular complexity index is 264. The molecule has 3 atom stereocenters. The number of likely N-dealkylation sites (N-methyl/N-ethyl adjacent to an activating group) is 1. The number of nitrogens with zero attached hydrogens (tertiary/aromatic N) is 1. The largest absolute Gasteiger partial charge is 0.313 e. The van der Waals surface area contributed by atoms with Crippen LogP contribution in [-0.2, 0) is 0 Å². The van der Waals surface area contributed by atoms with Gasteiger partial charge >= 0.3 is 0 Å². The Hall–Kier alpha value is -0.0800. The first kappa shape index (κ1) is 15.3. The summed E-state index contributed by atoms with van der Waals surface area (Å²) in [7, 11) is 0. The molecule has 2 nitrogen and oxygen atoms in total. The van der Waals surface area contributed by atoms with E-state index in [2.05, 4.69) is 37.9 Å². The minimum atomic E-state index is 0.572. The van der Waals surface area contributed by atoms with Crippen molar-refractivity contribution in [2.75, 3.05) is 19.6 Å². The lowest BCUT2D eigenvalue weighted by molar-refractivity contribution is 0.0445. The lowest BCUT2D eigenvalue weighted by Crippen LogP contribution is -2.55. The molecule has 0 aromatic heterocycles. The van der Waals surface area contributed by atoms with Gasteiger partial charge in [0.25, 0.3) is 0 Å². The molecular formula is C17H34N2. The lowest BCUT2D eigenvalue weighted by atomic mass is 9.77. The van der Waals surface area contributed by atoms with E-state index >= 15 is 0 Å². The molecule has 1 N–H and O–H groups in total. The quantitative estimate of drug-likeness (QED) is 0.835. The molecular weight excluding hydrogens is 232 g/mol. The van der Waals surface area contributed by atoms with Crippen LogP contribution in [0.2, 0.25) is 0 Å². The second kappa shape index (κ2) is 6.58. The molecule has 1 saturated carbocycles. The molecule has 1 aliphatic heterocycles. The molecule has 1 heterocycles. The molecule has 2 fully saturated rings. The number of hydrogen-bond donors (Lipinski definition) is 1. The molecule has 0 aromatic carbocycles. The van der Waals surface area contributed by atoms with Gasteiger partial charge in [0.2, 0.25) is 0 Å². The lowest BCUT2D eigenvalue weighted by Gasteiger charge is -2.47. The van der Waals surface area contributed by atoms with Crippen molar-refractivity contribution >= 4 is 0 Å². The van der Waals surface area contributed by atoms with Crippen LogP contribution in [0, 0.1) is 11.3 Å². The van der Waals surface area contributed by atoms with Gasteiger partial charge in [0, 0.05) is 12.1 Å². The molecule has 1 aliphatic carbocycles. The van der Waals surface area contributed by atoms with Crippen molar-refractivity contribution in [2.45, 2.75) is 78.3 Å². The average Bonchev–Trinajstić information content (AvgIpc) is 2.40. The minimum Gasteiger partial charge on any atom is -0.313 e. The Labute approximate surface area is 120 Å². The maximum atomic E-state index is 3.76. The molecule has 2 heteroatoms. The van der Waals surface area contributed by atoms with Crippen molar-refractivity contribution in [1.29, 1.82) is 0 Å². The normalized spacial score (nSPS) is 36.3. The fourth-order valence-corrected chi connectivity index (χ4v) is 3.97. The van der Waals surface area contributed by atoms with Crippen LogP contribution in [0.15, 0.2) is 0 Å². The van der Waals surface area contributed by atoms with Crippen LogP contribution < -0.4 is 5.32 Å². The van der Waals surface area contributed by atoms with E-state index in [1.807, 2.05) is 0 Å². The topological polar surface area (TPSA) is 15.3 Å². The molecule has 0 spiro atoms. The van der Waals surface area contributed by atoms with E-state index in [9.17, 15) is 0 Å². The third-order valence-corrected chi connectivity index (χ3v) is 5.59. The van der Waals surface area contributed by atoms with Crippen molar-refractivity contribution < 1.29 is 0 Å². The number of rotatable bonds is 4. The average molecular weight is 266 g/mol. The summed E-state index contributed by atoms with van der Waals surface area (Å²) in [5, 5.41) is 3.76. The summed E-state index contributed by atoms with van der Waals surface area (Å²) in [6.07, 6.45) is 8.36. The zero-order chi connectivity index (χ0) is 13.9. The van der Waals surface area contributed by atoms with Gasteiger partial charge in [-0.1, -0.05) is 34.1 Å². The standard InChI is InChI=1S/C17H34N2/c1-5-14-7-8-15(18-6-2)16(13-14)19-11-9-17(3,4)10-12-19/h14-16,18H,5-13H2,1-4H3. The molecule has 3 unspecified atom stereocenters. The number of nitrogens with one attached hydrogen (secondary N) is 1. The molecule has 0 amide bonds. The van der Waals surface area contributed by atoms with E-state index in [1.165, 1.54) is 51.6 Å². The number of piperidine rings is 1. The van der Waals surface area contributed by atoms with E-state index in [0.29, 0.717) is 5.41 Å². The monoisotopic (exact) mass is 266 g/mol. The third-order valence-electron chi connectivity index (χ3n) is 5.59. The molecule has 0 aromatic rings. The first-order valence-corrected chi connectivity index (χ1v) is 8.53. The van der Waals surface area contributed by atoms with E-state index in [0.717, 1.165) is 24.5 Å². The van der Waals surface area contributed by atoms with E-state index in [1.54, 1.807) is 0 Å². The zero-order valence-corrected chi connectivity index (χ0v) is 13.5. The highest BCUT2D eigenvalue weighted by Gasteiger charge is 2.36. The predicted molar refractivity (Wildman–Crippen MR) is 83.5 cm³/mol.